The molecule has 0 amide bonds. The molecule has 0 saturated heterocycles. The summed E-state index contributed by atoms with van der Waals surface area (Å²) in [6.45, 7) is 1.93. The maximum Gasteiger partial charge on any atom is 0.189 e. The number of phenolic OH excluding ortho intramolecular Hbond substituents is 1. The number of allylic oxidation sites excluding steroid dienone is 1. The van der Waals surface area contributed by atoms with E-state index in [1.807, 2.05) is 19.1 Å². The number of benzene rings is 2. The fraction of sp³-hybridized carbons (Fsp3) is 0.118. The Labute approximate surface area is 118 Å². The average molecular weight is 268 g/mol. The second-order valence-electron chi connectivity index (χ2n) is 4.49. The first-order valence-electron chi connectivity index (χ1n) is 6.26. The Bertz CT molecular complexity index is 640. The Morgan fingerprint density at radius 1 is 1.15 bits per heavy atom. The molecule has 0 bridgehead atoms. The molecule has 0 atom stereocenters. The molecule has 102 valence electrons. The van der Waals surface area contributed by atoms with E-state index in [1.165, 1.54) is 6.08 Å². The van der Waals surface area contributed by atoms with E-state index in [2.05, 4.69) is 0 Å². The summed E-state index contributed by atoms with van der Waals surface area (Å²) < 4.78 is 5.20. The summed E-state index contributed by atoms with van der Waals surface area (Å²) in [6, 6.07) is 12.1. The summed E-state index contributed by atoms with van der Waals surface area (Å²) in [4.78, 5) is 12.2. The molecular formula is C17H16O3. The number of ketones is 1. The van der Waals surface area contributed by atoms with E-state index in [1.54, 1.807) is 43.5 Å². The van der Waals surface area contributed by atoms with Crippen LogP contribution >= 0.6 is 0 Å². The number of carbonyl (C=O) groups is 1. The van der Waals surface area contributed by atoms with Crippen molar-refractivity contribution in [1.82, 2.24) is 0 Å². The van der Waals surface area contributed by atoms with Crippen LogP contribution in [0.15, 0.2) is 48.5 Å². The molecule has 0 fully saturated rings. The number of rotatable bonds is 4. The van der Waals surface area contributed by atoms with Crippen molar-refractivity contribution in [2.75, 3.05) is 7.11 Å². The van der Waals surface area contributed by atoms with E-state index in [0.717, 1.165) is 11.1 Å². The van der Waals surface area contributed by atoms with Gasteiger partial charge in [-0.3, -0.25) is 4.79 Å². The minimum atomic E-state index is -0.112. The molecule has 0 unspecified atom stereocenters. The zero-order valence-corrected chi connectivity index (χ0v) is 11.5. The number of carbonyl (C=O) groups excluding carboxylic acids is 1. The van der Waals surface area contributed by atoms with Gasteiger partial charge in [0.15, 0.2) is 5.78 Å². The number of hydrogen-bond donors (Lipinski definition) is 1. The van der Waals surface area contributed by atoms with E-state index in [-0.39, 0.29) is 11.5 Å². The van der Waals surface area contributed by atoms with Gasteiger partial charge in [-0.1, -0.05) is 29.8 Å². The summed E-state index contributed by atoms with van der Waals surface area (Å²) in [5.74, 6) is 0.656. The molecule has 20 heavy (non-hydrogen) atoms. The largest absolute Gasteiger partial charge is 0.508 e. The molecule has 1 N–H and O–H groups in total. The second-order valence-corrected chi connectivity index (χ2v) is 4.49. The zero-order valence-electron chi connectivity index (χ0n) is 11.5. The molecule has 3 heteroatoms. The molecule has 0 aromatic heterocycles. The van der Waals surface area contributed by atoms with Gasteiger partial charge in [-0.2, -0.15) is 0 Å². The van der Waals surface area contributed by atoms with Crippen LogP contribution in [-0.2, 0) is 0 Å². The predicted molar refractivity (Wildman–Crippen MR) is 79.2 cm³/mol. The molecule has 0 saturated carbocycles. The molecule has 0 radical (unpaired) electrons. The van der Waals surface area contributed by atoms with Gasteiger partial charge < -0.3 is 9.84 Å². The van der Waals surface area contributed by atoms with Crippen LogP contribution < -0.4 is 4.74 Å². The van der Waals surface area contributed by atoms with Crippen LogP contribution in [0.3, 0.4) is 0 Å². The van der Waals surface area contributed by atoms with Gasteiger partial charge in [-0.25, -0.2) is 0 Å². The summed E-state index contributed by atoms with van der Waals surface area (Å²) in [5, 5.41) is 9.20. The van der Waals surface area contributed by atoms with Crippen molar-refractivity contribution in [3.8, 4) is 11.5 Å². The third-order valence-corrected chi connectivity index (χ3v) is 2.94. The van der Waals surface area contributed by atoms with Crippen LogP contribution in [0.1, 0.15) is 21.5 Å². The van der Waals surface area contributed by atoms with E-state index >= 15 is 0 Å². The van der Waals surface area contributed by atoms with Crippen LogP contribution in [0.2, 0.25) is 0 Å². The molecule has 2 aromatic rings. The van der Waals surface area contributed by atoms with Crippen LogP contribution in [0.4, 0.5) is 0 Å². The third-order valence-electron chi connectivity index (χ3n) is 2.94. The molecule has 0 heterocycles. The van der Waals surface area contributed by atoms with Gasteiger partial charge in [-0.15, -0.1) is 0 Å². The highest BCUT2D eigenvalue weighted by Crippen LogP contribution is 2.21. The van der Waals surface area contributed by atoms with Gasteiger partial charge >= 0.3 is 0 Å². The summed E-state index contributed by atoms with van der Waals surface area (Å²) in [6.07, 6.45) is 3.22. The minimum Gasteiger partial charge on any atom is -0.508 e. The van der Waals surface area contributed by atoms with E-state index in [9.17, 15) is 9.90 Å². The van der Waals surface area contributed by atoms with Crippen molar-refractivity contribution in [3.63, 3.8) is 0 Å². The number of methoxy groups -OCH3 is 1. The standard InChI is InChI=1S/C17H16O3/c1-12-3-10-17(20-2)15(11-12)16(19)9-6-13-4-7-14(18)8-5-13/h3-11,18H,1-2H3/b9-6+. The number of aromatic hydroxyl groups is 1. The molecular weight excluding hydrogens is 252 g/mol. The zero-order chi connectivity index (χ0) is 14.5. The van der Waals surface area contributed by atoms with Gasteiger partial charge in [-0.05, 0) is 42.8 Å². The molecule has 2 aromatic carbocycles. The Hall–Kier alpha value is -2.55. The van der Waals surface area contributed by atoms with E-state index in [4.69, 9.17) is 4.74 Å². The topological polar surface area (TPSA) is 46.5 Å². The number of ether oxygens (including phenoxy) is 1. The van der Waals surface area contributed by atoms with Crippen molar-refractivity contribution in [3.05, 3.63) is 65.2 Å². The molecule has 0 spiro atoms. The van der Waals surface area contributed by atoms with Crippen molar-refractivity contribution < 1.29 is 14.6 Å². The molecule has 0 aliphatic heterocycles. The maximum absolute atomic E-state index is 12.2. The number of hydrogen-bond acceptors (Lipinski definition) is 3. The molecule has 3 nitrogen and oxygen atoms in total. The number of aryl methyl sites for hydroxylation is 1. The quantitative estimate of drug-likeness (QED) is 0.680. The lowest BCUT2D eigenvalue weighted by Gasteiger charge is -2.06. The molecule has 2 rings (SSSR count). The van der Waals surface area contributed by atoms with Crippen LogP contribution in [0.5, 0.6) is 11.5 Å². The minimum absolute atomic E-state index is 0.112. The first-order chi connectivity index (χ1) is 9.60. The predicted octanol–water partition coefficient (Wildman–Crippen LogP) is 3.61. The van der Waals surface area contributed by atoms with Gasteiger partial charge in [0.25, 0.3) is 0 Å². The average Bonchev–Trinajstić information content (AvgIpc) is 2.46. The van der Waals surface area contributed by atoms with Crippen molar-refractivity contribution in [1.29, 1.82) is 0 Å². The summed E-state index contributed by atoms with van der Waals surface area (Å²) in [7, 11) is 1.55. The monoisotopic (exact) mass is 268 g/mol. The van der Waals surface area contributed by atoms with E-state index in [0.29, 0.717) is 11.3 Å². The lowest BCUT2D eigenvalue weighted by atomic mass is 10.1. The Kier molecular flexibility index (Phi) is 4.20. The van der Waals surface area contributed by atoms with E-state index < -0.39 is 0 Å². The smallest absolute Gasteiger partial charge is 0.189 e. The van der Waals surface area contributed by atoms with Gasteiger partial charge in [0.1, 0.15) is 11.5 Å². The van der Waals surface area contributed by atoms with Crippen LogP contribution in [0.25, 0.3) is 6.08 Å². The number of phenols is 1. The third kappa shape index (κ3) is 3.26. The normalized spacial score (nSPS) is 10.7. The fourth-order valence-electron chi connectivity index (χ4n) is 1.86. The van der Waals surface area contributed by atoms with Crippen molar-refractivity contribution in [2.24, 2.45) is 0 Å². The lowest BCUT2D eigenvalue weighted by Crippen LogP contribution is -1.99. The summed E-state index contributed by atoms with van der Waals surface area (Å²) in [5.41, 5.74) is 2.40. The highest BCUT2D eigenvalue weighted by Gasteiger charge is 2.09. The highest BCUT2D eigenvalue weighted by atomic mass is 16.5. The van der Waals surface area contributed by atoms with Gasteiger partial charge in [0.2, 0.25) is 0 Å². The van der Waals surface area contributed by atoms with Crippen LogP contribution in [-0.4, -0.2) is 18.0 Å². The first-order valence-corrected chi connectivity index (χ1v) is 6.26. The van der Waals surface area contributed by atoms with Crippen LogP contribution in [0, 0.1) is 6.92 Å². The Morgan fingerprint density at radius 2 is 1.85 bits per heavy atom. The lowest BCUT2D eigenvalue weighted by molar-refractivity contribution is 0.104. The SMILES string of the molecule is COc1ccc(C)cc1C(=O)/C=C/c1ccc(O)cc1. The maximum atomic E-state index is 12.2. The second kappa shape index (κ2) is 6.06. The van der Waals surface area contributed by atoms with Gasteiger partial charge in [0, 0.05) is 0 Å². The Balaban J connectivity index is 2.23. The first kappa shape index (κ1) is 13.9. The summed E-state index contributed by atoms with van der Waals surface area (Å²) >= 11 is 0. The van der Waals surface area contributed by atoms with Gasteiger partial charge in [0.05, 0.1) is 12.7 Å². The molecule has 0 aliphatic rings. The molecule has 0 aliphatic carbocycles. The van der Waals surface area contributed by atoms with Crippen molar-refractivity contribution >= 4 is 11.9 Å². The van der Waals surface area contributed by atoms with Crippen molar-refractivity contribution in [2.45, 2.75) is 6.92 Å². The fourth-order valence-corrected chi connectivity index (χ4v) is 1.86. The Morgan fingerprint density at radius 3 is 2.50 bits per heavy atom. The highest BCUT2D eigenvalue weighted by molar-refractivity contribution is 6.08.